The first kappa shape index (κ1) is 44.8. The van der Waals surface area contributed by atoms with Crippen molar-refractivity contribution in [1.29, 1.82) is 0 Å². The highest BCUT2D eigenvalue weighted by molar-refractivity contribution is 6.02. The maximum absolute atomic E-state index is 12.5. The van der Waals surface area contributed by atoms with Crippen molar-refractivity contribution < 1.29 is 19.2 Å². The van der Waals surface area contributed by atoms with Crippen molar-refractivity contribution in [2.45, 2.75) is 189 Å². The van der Waals surface area contributed by atoms with E-state index in [1.54, 1.807) is 0 Å². The number of likely N-dealkylation sites (tertiary alicyclic amines) is 2. The van der Waals surface area contributed by atoms with Crippen molar-refractivity contribution in [1.82, 2.24) is 9.80 Å². The molecule has 2 aliphatic heterocycles. The van der Waals surface area contributed by atoms with Gasteiger partial charge in [0.2, 0.25) is 0 Å². The highest BCUT2D eigenvalue weighted by atomic mass is 16.2. The SMILES string of the molecule is C.C=C1CCCN1[C@@H](CC)C(=O)CC(=O)CC[C@@H](CC)CCCC.C=C1CCCN1[C@@H](CC)C(=O)CC(=O)CC[C@H](CC)CCCC. The van der Waals surface area contributed by atoms with Crippen molar-refractivity contribution >= 4 is 23.1 Å². The molecule has 0 radical (unpaired) electrons. The third-order valence-electron chi connectivity index (χ3n) is 10.3. The van der Waals surface area contributed by atoms with Gasteiger partial charge in [-0.1, -0.05) is 113 Å². The third-order valence-corrected chi connectivity index (χ3v) is 10.3. The predicted octanol–water partition coefficient (Wildman–Crippen LogP) is 10.4. The summed E-state index contributed by atoms with van der Waals surface area (Å²) in [7, 11) is 0. The van der Waals surface area contributed by atoms with Gasteiger partial charge < -0.3 is 9.80 Å². The van der Waals surface area contributed by atoms with Gasteiger partial charge in [0, 0.05) is 37.3 Å². The smallest absolute Gasteiger partial charge is 0.162 e. The molecule has 47 heavy (non-hydrogen) atoms. The first-order valence-corrected chi connectivity index (χ1v) is 19.0. The fourth-order valence-corrected chi connectivity index (χ4v) is 7.13. The molecule has 0 bridgehead atoms. The number of Topliss-reactive ketones (excluding diaryl/α,β-unsaturated/α-hetero) is 4. The van der Waals surface area contributed by atoms with Crippen LogP contribution in [0, 0.1) is 11.8 Å². The van der Waals surface area contributed by atoms with Gasteiger partial charge in [-0.3, -0.25) is 19.2 Å². The molecule has 2 heterocycles. The number of carbonyl (C=O) groups is 4. The summed E-state index contributed by atoms with van der Waals surface area (Å²) in [4.78, 5) is 53.6. The van der Waals surface area contributed by atoms with E-state index < -0.39 is 0 Å². The maximum Gasteiger partial charge on any atom is 0.162 e. The monoisotopic (exact) mass is 659 g/mol. The van der Waals surface area contributed by atoms with Crippen molar-refractivity contribution in [3.05, 3.63) is 24.6 Å². The summed E-state index contributed by atoms with van der Waals surface area (Å²) in [6, 6.07) is -0.285. The Labute approximate surface area is 290 Å². The van der Waals surface area contributed by atoms with Crippen molar-refractivity contribution in [2.75, 3.05) is 13.1 Å². The van der Waals surface area contributed by atoms with Crippen LogP contribution < -0.4 is 0 Å². The van der Waals surface area contributed by atoms with Crippen LogP contribution in [-0.2, 0) is 19.2 Å². The van der Waals surface area contributed by atoms with E-state index in [4.69, 9.17) is 0 Å². The van der Waals surface area contributed by atoms with Crippen LogP contribution in [0.3, 0.4) is 0 Å². The number of nitrogens with zero attached hydrogens (tertiary/aromatic N) is 2. The van der Waals surface area contributed by atoms with Gasteiger partial charge in [0.1, 0.15) is 11.6 Å². The van der Waals surface area contributed by atoms with Gasteiger partial charge in [-0.2, -0.15) is 0 Å². The molecule has 4 atom stereocenters. The number of allylic oxidation sites excluding steroid dienone is 2. The Hall–Kier alpha value is -2.24. The van der Waals surface area contributed by atoms with Crippen LogP contribution in [0.4, 0.5) is 0 Å². The standard InChI is InChI=1S/2C20H35NO2.CH4/c2*1-5-8-11-17(6-2)12-13-18(22)15-20(23)19(7-3)21-14-9-10-16(21)4;/h2*17,19H,4-15H2,1-3H3;1H4/t17-,19+;17-,19-;/m10./s1. The average molecular weight is 659 g/mol. The summed E-state index contributed by atoms with van der Waals surface area (Å²) in [6.45, 7) is 22.8. The molecule has 0 N–H and O–H groups in total. The molecule has 2 fully saturated rings. The Morgan fingerprint density at radius 2 is 0.957 bits per heavy atom. The lowest BCUT2D eigenvalue weighted by atomic mass is 9.92. The zero-order chi connectivity index (χ0) is 34.5. The molecule has 0 saturated carbocycles. The summed E-state index contributed by atoms with van der Waals surface area (Å²) in [5.74, 6) is 1.68. The summed E-state index contributed by atoms with van der Waals surface area (Å²) < 4.78 is 0. The second kappa shape index (κ2) is 25.7. The number of hydrogen-bond donors (Lipinski definition) is 0. The molecule has 0 unspecified atom stereocenters. The Morgan fingerprint density at radius 1 is 0.596 bits per heavy atom. The molecular weight excluding hydrogens is 584 g/mol. The number of rotatable bonds is 24. The van der Waals surface area contributed by atoms with Gasteiger partial charge in [0.25, 0.3) is 0 Å². The molecule has 0 aromatic carbocycles. The quantitative estimate of drug-likeness (QED) is 0.0961. The Balaban J connectivity index is 0.000000882. The van der Waals surface area contributed by atoms with Gasteiger partial charge in [-0.25, -0.2) is 0 Å². The lowest BCUT2D eigenvalue weighted by Crippen LogP contribution is -2.38. The summed E-state index contributed by atoms with van der Waals surface area (Å²) in [5.41, 5.74) is 2.12. The zero-order valence-electron chi connectivity index (χ0n) is 30.8. The molecule has 0 aliphatic carbocycles. The van der Waals surface area contributed by atoms with Crippen LogP contribution in [0.2, 0.25) is 0 Å². The molecule has 272 valence electrons. The van der Waals surface area contributed by atoms with Gasteiger partial charge in [-0.05, 0) is 63.2 Å². The molecule has 2 aliphatic rings. The van der Waals surface area contributed by atoms with Gasteiger partial charge >= 0.3 is 0 Å². The van der Waals surface area contributed by atoms with E-state index in [2.05, 4.69) is 50.7 Å². The fourth-order valence-electron chi connectivity index (χ4n) is 7.13. The minimum Gasteiger partial charge on any atom is -0.365 e. The molecule has 0 aromatic heterocycles. The molecule has 6 nitrogen and oxygen atoms in total. The minimum atomic E-state index is -0.143. The van der Waals surface area contributed by atoms with Crippen LogP contribution in [0.5, 0.6) is 0 Å². The summed E-state index contributed by atoms with van der Waals surface area (Å²) >= 11 is 0. The molecule has 0 aromatic rings. The van der Waals surface area contributed by atoms with E-state index in [1.807, 2.05) is 13.8 Å². The van der Waals surface area contributed by atoms with Gasteiger partial charge in [0.05, 0.1) is 24.9 Å². The second-order valence-electron chi connectivity index (χ2n) is 13.8. The Bertz CT molecular complexity index is 881. The number of ketones is 4. The maximum atomic E-state index is 12.5. The van der Waals surface area contributed by atoms with E-state index in [0.29, 0.717) is 24.7 Å². The normalized spacial score (nSPS) is 17.0. The molecule has 0 spiro atoms. The highest BCUT2D eigenvalue weighted by Gasteiger charge is 2.30. The van der Waals surface area contributed by atoms with E-state index in [1.165, 1.54) is 38.5 Å². The van der Waals surface area contributed by atoms with E-state index in [0.717, 1.165) is 88.7 Å². The lowest BCUT2D eigenvalue weighted by Gasteiger charge is -2.28. The van der Waals surface area contributed by atoms with Gasteiger partial charge in [-0.15, -0.1) is 0 Å². The first-order valence-electron chi connectivity index (χ1n) is 19.0. The van der Waals surface area contributed by atoms with Crippen molar-refractivity contribution in [2.24, 2.45) is 11.8 Å². The van der Waals surface area contributed by atoms with Crippen LogP contribution in [0.1, 0.15) is 177 Å². The van der Waals surface area contributed by atoms with E-state index in [-0.39, 0.29) is 55.5 Å². The second-order valence-corrected chi connectivity index (χ2v) is 13.8. The molecule has 2 saturated heterocycles. The van der Waals surface area contributed by atoms with Crippen LogP contribution in [0.25, 0.3) is 0 Å². The van der Waals surface area contributed by atoms with Gasteiger partial charge in [0.15, 0.2) is 11.6 Å². The van der Waals surface area contributed by atoms with Crippen molar-refractivity contribution in [3.63, 3.8) is 0 Å². The van der Waals surface area contributed by atoms with Crippen LogP contribution in [-0.4, -0.2) is 58.1 Å². The van der Waals surface area contributed by atoms with E-state index in [9.17, 15) is 19.2 Å². The first-order chi connectivity index (χ1) is 22.1. The molecule has 0 amide bonds. The Kier molecular flexibility index (Phi) is 24.5. The zero-order valence-corrected chi connectivity index (χ0v) is 30.8. The van der Waals surface area contributed by atoms with Crippen molar-refractivity contribution in [3.8, 4) is 0 Å². The predicted molar refractivity (Wildman–Crippen MR) is 199 cm³/mol. The number of unbranched alkanes of at least 4 members (excludes halogenated alkanes) is 2. The lowest BCUT2D eigenvalue weighted by molar-refractivity contribution is -0.131. The average Bonchev–Trinajstić information content (AvgIpc) is 3.66. The summed E-state index contributed by atoms with van der Waals surface area (Å²) in [6.07, 6.45) is 18.4. The third kappa shape index (κ3) is 16.6. The number of carbonyl (C=O) groups excluding carboxylic acids is 4. The highest BCUT2D eigenvalue weighted by Crippen LogP contribution is 2.26. The van der Waals surface area contributed by atoms with E-state index >= 15 is 0 Å². The largest absolute Gasteiger partial charge is 0.365 e. The van der Waals surface area contributed by atoms with Crippen LogP contribution in [0.15, 0.2) is 24.6 Å². The summed E-state index contributed by atoms with van der Waals surface area (Å²) in [5, 5.41) is 0. The molecular formula is C41H74N2O4. The molecule has 6 heteroatoms. The fraction of sp³-hybridized carbons (Fsp3) is 0.805. The minimum absolute atomic E-state index is 0. The number of hydrogen-bond acceptors (Lipinski definition) is 6. The topological polar surface area (TPSA) is 74.8 Å². The molecule has 2 rings (SSSR count). The Morgan fingerprint density at radius 3 is 1.21 bits per heavy atom. The van der Waals surface area contributed by atoms with Crippen LogP contribution >= 0.6 is 0 Å².